The van der Waals surface area contributed by atoms with Crippen LogP contribution in [-0.4, -0.2) is 20.9 Å². The molecular weight excluding hydrogens is 381 g/mol. The van der Waals surface area contributed by atoms with Gasteiger partial charge in [-0.15, -0.1) is 13.2 Å². The number of nitrogen functional groups attached to an aromatic ring is 1. The average molecular weight is 397 g/mol. The fourth-order valence-electron chi connectivity index (χ4n) is 3.80. The predicted molar refractivity (Wildman–Crippen MR) is 95.7 cm³/mol. The smallest absolute Gasteiger partial charge is 0.406 e. The molecule has 0 saturated heterocycles. The number of aromatic nitrogens is 3. The van der Waals surface area contributed by atoms with E-state index < -0.39 is 6.36 Å². The monoisotopic (exact) mass is 396 g/mol. The molecule has 1 aromatic carbocycles. The molecule has 1 saturated carbocycles. The normalized spacial score (nSPS) is 20.3. The highest BCUT2D eigenvalue weighted by molar-refractivity contribution is 6.28. The Hall–Kier alpha value is -2.48. The molecule has 0 aliphatic heterocycles. The summed E-state index contributed by atoms with van der Waals surface area (Å²) in [6.07, 6.45) is -0.280. The first-order valence-electron chi connectivity index (χ1n) is 8.45. The number of fused-ring (bicyclic) bond motifs is 1. The fourth-order valence-corrected chi connectivity index (χ4v) is 3.97. The number of hydrogen-bond donors (Lipinski definition) is 1. The molecule has 0 unspecified atom stereocenters. The summed E-state index contributed by atoms with van der Waals surface area (Å²) >= 11 is 5.93. The molecule has 1 aliphatic rings. The van der Waals surface area contributed by atoms with Gasteiger partial charge in [0.2, 0.25) is 5.28 Å². The third kappa shape index (κ3) is 3.66. The number of rotatable bonds is 3. The van der Waals surface area contributed by atoms with E-state index in [4.69, 9.17) is 17.3 Å². The molecule has 0 spiro atoms. The second-order valence-corrected chi connectivity index (χ2v) is 6.96. The maximum atomic E-state index is 12.5. The lowest BCUT2D eigenvalue weighted by Gasteiger charge is -2.16. The second kappa shape index (κ2) is 6.60. The van der Waals surface area contributed by atoms with Gasteiger partial charge in [0.1, 0.15) is 17.2 Å². The van der Waals surface area contributed by atoms with Crippen molar-refractivity contribution >= 4 is 28.5 Å². The summed E-state index contributed by atoms with van der Waals surface area (Å²) in [4.78, 5) is 8.24. The highest BCUT2D eigenvalue weighted by Crippen LogP contribution is 2.43. The molecule has 27 heavy (non-hydrogen) atoms. The largest absolute Gasteiger partial charge is 0.573 e. The van der Waals surface area contributed by atoms with Gasteiger partial charge >= 0.3 is 6.36 Å². The zero-order valence-electron chi connectivity index (χ0n) is 14.1. The topological polar surface area (TPSA) is 66.0 Å². The zero-order valence-corrected chi connectivity index (χ0v) is 14.8. The summed E-state index contributed by atoms with van der Waals surface area (Å²) in [5.74, 6) is 0.274. The van der Waals surface area contributed by atoms with Crippen LogP contribution in [0.25, 0.3) is 11.0 Å². The van der Waals surface area contributed by atoms with Crippen LogP contribution in [-0.2, 0) is 0 Å². The van der Waals surface area contributed by atoms with Gasteiger partial charge in [-0.2, -0.15) is 4.98 Å². The van der Waals surface area contributed by atoms with E-state index in [1.54, 1.807) is 6.07 Å². The van der Waals surface area contributed by atoms with Crippen LogP contribution in [0.2, 0.25) is 5.28 Å². The standard InChI is InChI=1S/C18H16ClF3N4O/c19-17-24-15(23)14-6-7-26(16(14)25-17)12-5-4-11(8-12)10-2-1-3-13(9-10)27-18(20,21)22/h1-3,6-7,9,11-12H,4-5,8H2,(H2,23,24,25)/t11-,12-/m1/s1. The van der Waals surface area contributed by atoms with E-state index >= 15 is 0 Å². The SMILES string of the molecule is Nc1nc(Cl)nc2c1ccn2[C@@H]1CC[C@@H](c2cccc(OC(F)(F)F)c2)C1. The number of nitrogens with two attached hydrogens (primary N) is 1. The Morgan fingerprint density at radius 2 is 2.00 bits per heavy atom. The van der Waals surface area contributed by atoms with Crippen LogP contribution < -0.4 is 10.5 Å². The first-order valence-corrected chi connectivity index (χ1v) is 8.83. The molecule has 5 nitrogen and oxygen atoms in total. The van der Waals surface area contributed by atoms with Crippen molar-refractivity contribution in [3.63, 3.8) is 0 Å². The van der Waals surface area contributed by atoms with Gasteiger partial charge < -0.3 is 15.0 Å². The molecule has 142 valence electrons. The van der Waals surface area contributed by atoms with Crippen LogP contribution in [0.3, 0.4) is 0 Å². The molecule has 3 aromatic rings. The van der Waals surface area contributed by atoms with E-state index in [1.165, 1.54) is 12.1 Å². The van der Waals surface area contributed by atoms with E-state index in [1.807, 2.05) is 22.9 Å². The maximum Gasteiger partial charge on any atom is 0.573 e. The first kappa shape index (κ1) is 17.9. The Labute approximate surface area is 157 Å². The molecule has 9 heteroatoms. The third-order valence-electron chi connectivity index (χ3n) is 4.94. The van der Waals surface area contributed by atoms with E-state index in [2.05, 4.69) is 14.7 Å². The molecule has 0 bridgehead atoms. The molecule has 2 N–H and O–H groups in total. The summed E-state index contributed by atoms with van der Waals surface area (Å²) in [5.41, 5.74) is 7.41. The second-order valence-electron chi connectivity index (χ2n) is 6.62. The van der Waals surface area contributed by atoms with Gasteiger partial charge in [-0.25, -0.2) is 4.98 Å². The van der Waals surface area contributed by atoms with Crippen LogP contribution in [0.5, 0.6) is 5.75 Å². The van der Waals surface area contributed by atoms with Gasteiger partial charge in [0, 0.05) is 12.2 Å². The average Bonchev–Trinajstić information content (AvgIpc) is 3.20. The Bertz CT molecular complexity index is 988. The zero-order chi connectivity index (χ0) is 19.2. The number of ether oxygens (including phenoxy) is 1. The van der Waals surface area contributed by atoms with Crippen LogP contribution >= 0.6 is 11.6 Å². The van der Waals surface area contributed by atoms with Crippen molar-refractivity contribution in [2.45, 2.75) is 37.6 Å². The van der Waals surface area contributed by atoms with E-state index in [-0.39, 0.29) is 23.0 Å². The van der Waals surface area contributed by atoms with Gasteiger partial charge in [0.25, 0.3) is 0 Å². The fraction of sp³-hybridized carbons (Fsp3) is 0.333. The van der Waals surface area contributed by atoms with Gasteiger partial charge in [0.15, 0.2) is 0 Å². The van der Waals surface area contributed by atoms with Crippen molar-refractivity contribution in [1.29, 1.82) is 0 Å². The first-order chi connectivity index (χ1) is 12.8. The molecular formula is C18H16ClF3N4O. The van der Waals surface area contributed by atoms with Gasteiger partial charge in [-0.05, 0) is 60.5 Å². The summed E-state index contributed by atoms with van der Waals surface area (Å²) in [7, 11) is 0. The number of halogens is 4. The van der Waals surface area contributed by atoms with Crippen molar-refractivity contribution in [3.8, 4) is 5.75 Å². The van der Waals surface area contributed by atoms with E-state index in [9.17, 15) is 13.2 Å². The molecule has 4 rings (SSSR count). The van der Waals surface area contributed by atoms with Crippen molar-refractivity contribution in [2.24, 2.45) is 0 Å². The number of benzene rings is 1. The predicted octanol–water partition coefficient (Wildman–Crippen LogP) is 5.07. The van der Waals surface area contributed by atoms with Gasteiger partial charge in [-0.3, -0.25) is 0 Å². The highest BCUT2D eigenvalue weighted by atomic mass is 35.5. The number of anilines is 1. The summed E-state index contributed by atoms with van der Waals surface area (Å²) < 4.78 is 43.4. The van der Waals surface area contributed by atoms with Crippen LogP contribution in [0, 0.1) is 0 Å². The number of hydrogen-bond acceptors (Lipinski definition) is 4. The molecule has 2 atom stereocenters. The Morgan fingerprint density at radius 3 is 2.78 bits per heavy atom. The minimum absolute atomic E-state index is 0.0893. The molecule has 1 aliphatic carbocycles. The van der Waals surface area contributed by atoms with E-state index in [0.29, 0.717) is 11.5 Å². The maximum absolute atomic E-state index is 12.5. The highest BCUT2D eigenvalue weighted by Gasteiger charge is 2.32. The van der Waals surface area contributed by atoms with Crippen molar-refractivity contribution in [2.75, 3.05) is 5.73 Å². The minimum atomic E-state index is -4.69. The molecule has 2 aromatic heterocycles. The van der Waals surface area contributed by atoms with E-state index in [0.717, 1.165) is 30.2 Å². The minimum Gasteiger partial charge on any atom is -0.406 e. The molecule has 2 heterocycles. The molecule has 1 fully saturated rings. The molecule has 0 radical (unpaired) electrons. The Kier molecular flexibility index (Phi) is 4.38. The van der Waals surface area contributed by atoms with Crippen molar-refractivity contribution in [1.82, 2.24) is 14.5 Å². The summed E-state index contributed by atoms with van der Waals surface area (Å²) in [6, 6.07) is 8.20. The molecule has 0 amide bonds. The van der Waals surface area contributed by atoms with Crippen molar-refractivity contribution < 1.29 is 17.9 Å². The third-order valence-corrected chi connectivity index (χ3v) is 5.10. The van der Waals surface area contributed by atoms with Crippen LogP contribution in [0.4, 0.5) is 19.0 Å². The summed E-state index contributed by atoms with van der Waals surface area (Å²) in [5, 5.41) is 0.829. The summed E-state index contributed by atoms with van der Waals surface area (Å²) in [6.45, 7) is 0. The lowest BCUT2D eigenvalue weighted by molar-refractivity contribution is -0.274. The Balaban J connectivity index is 1.57. The van der Waals surface area contributed by atoms with Crippen LogP contribution in [0.1, 0.15) is 36.8 Å². The Morgan fingerprint density at radius 1 is 1.19 bits per heavy atom. The quantitative estimate of drug-likeness (QED) is 0.627. The lowest BCUT2D eigenvalue weighted by atomic mass is 9.97. The number of nitrogens with zero attached hydrogens (tertiary/aromatic N) is 3. The number of alkyl halides is 3. The van der Waals surface area contributed by atoms with Gasteiger partial charge in [0.05, 0.1) is 5.39 Å². The van der Waals surface area contributed by atoms with Crippen molar-refractivity contribution in [3.05, 3.63) is 47.4 Å². The van der Waals surface area contributed by atoms with Crippen LogP contribution in [0.15, 0.2) is 36.5 Å². The lowest BCUT2D eigenvalue weighted by Crippen LogP contribution is -2.17. The van der Waals surface area contributed by atoms with Gasteiger partial charge in [-0.1, -0.05) is 12.1 Å².